The van der Waals surface area contributed by atoms with E-state index in [1.807, 2.05) is 9.66 Å². The van der Waals surface area contributed by atoms with Gasteiger partial charge in [-0.15, -0.1) is 9.66 Å². The molecule has 0 aromatic heterocycles. The Morgan fingerprint density at radius 2 is 1.04 bits per heavy atom. The third kappa shape index (κ3) is 5.11. The number of amides is 2. The van der Waals surface area contributed by atoms with Crippen LogP contribution in [0.4, 0.5) is 0 Å². The number of benzene rings is 2. The molecule has 132 valence electrons. The number of hydrogen-bond acceptors (Lipinski definition) is 4. The van der Waals surface area contributed by atoms with Gasteiger partial charge < -0.3 is 0 Å². The number of carbonyl (C=O) groups excluding carboxylic acids is 2. The van der Waals surface area contributed by atoms with E-state index in [1.54, 1.807) is 60.7 Å². The van der Waals surface area contributed by atoms with Crippen molar-refractivity contribution in [1.29, 1.82) is 0 Å². The summed E-state index contributed by atoms with van der Waals surface area (Å²) in [6.45, 7) is 0. The number of carbonyl (C=O) groups is 2. The fourth-order valence-corrected chi connectivity index (χ4v) is 2.94. The molecule has 8 nitrogen and oxygen atoms in total. The molecule has 2 aromatic carbocycles. The number of rotatable bonds is 6. The molecular weight excluding hydrogens is 344 g/mol. The van der Waals surface area contributed by atoms with Crippen molar-refractivity contribution in [2.75, 3.05) is 14.1 Å². The van der Waals surface area contributed by atoms with Crippen LogP contribution in [0, 0.1) is 0 Å². The van der Waals surface area contributed by atoms with Crippen LogP contribution < -0.4 is 9.66 Å². The maximum atomic E-state index is 12.2. The minimum absolute atomic E-state index is 0.321. The molecule has 0 aliphatic heterocycles. The summed E-state index contributed by atoms with van der Waals surface area (Å²) in [5, 5.41) is 1.64. The van der Waals surface area contributed by atoms with Crippen LogP contribution in [-0.4, -0.2) is 44.3 Å². The molecule has 0 radical (unpaired) electrons. The first kappa shape index (κ1) is 18.6. The SMILES string of the molecule is CN(NS(=O)(=O)NN(C)C(=O)c1ccccc1)C(=O)c1ccccc1. The van der Waals surface area contributed by atoms with E-state index in [0.717, 1.165) is 10.0 Å². The van der Waals surface area contributed by atoms with E-state index >= 15 is 0 Å². The summed E-state index contributed by atoms with van der Waals surface area (Å²) in [5.74, 6) is -1.08. The summed E-state index contributed by atoms with van der Waals surface area (Å²) in [5.41, 5.74) is 0.642. The smallest absolute Gasteiger partial charge is 0.268 e. The zero-order valence-corrected chi connectivity index (χ0v) is 14.5. The number of nitrogens with one attached hydrogen (secondary N) is 2. The van der Waals surface area contributed by atoms with Crippen molar-refractivity contribution in [2.24, 2.45) is 0 Å². The van der Waals surface area contributed by atoms with Crippen LogP contribution in [0.5, 0.6) is 0 Å². The molecule has 0 aliphatic rings. The van der Waals surface area contributed by atoms with E-state index < -0.39 is 22.0 Å². The Morgan fingerprint density at radius 3 is 1.36 bits per heavy atom. The number of nitrogens with zero attached hydrogens (tertiary/aromatic N) is 2. The zero-order chi connectivity index (χ0) is 18.4. The molecule has 25 heavy (non-hydrogen) atoms. The van der Waals surface area contributed by atoms with Gasteiger partial charge in [0.2, 0.25) is 0 Å². The second kappa shape index (κ2) is 7.88. The molecule has 2 N–H and O–H groups in total. The van der Waals surface area contributed by atoms with Crippen molar-refractivity contribution in [3.8, 4) is 0 Å². The highest BCUT2D eigenvalue weighted by Crippen LogP contribution is 2.03. The third-order valence-electron chi connectivity index (χ3n) is 3.16. The average molecular weight is 362 g/mol. The van der Waals surface area contributed by atoms with Crippen molar-refractivity contribution < 1.29 is 18.0 Å². The molecule has 0 fully saturated rings. The Bertz CT molecular complexity index is 775. The Kier molecular flexibility index (Phi) is 5.86. The van der Waals surface area contributed by atoms with E-state index in [2.05, 4.69) is 0 Å². The summed E-state index contributed by atoms with van der Waals surface area (Å²) >= 11 is 0. The first-order chi connectivity index (χ1) is 11.8. The van der Waals surface area contributed by atoms with Crippen LogP contribution in [0.3, 0.4) is 0 Å². The molecule has 0 unspecified atom stereocenters. The van der Waals surface area contributed by atoms with Gasteiger partial charge in [0, 0.05) is 25.2 Å². The monoisotopic (exact) mass is 362 g/mol. The molecule has 2 aromatic rings. The average Bonchev–Trinajstić information content (AvgIpc) is 2.61. The summed E-state index contributed by atoms with van der Waals surface area (Å²) in [6, 6.07) is 16.4. The van der Waals surface area contributed by atoms with Gasteiger partial charge in [0.05, 0.1) is 0 Å². The van der Waals surface area contributed by atoms with E-state index in [9.17, 15) is 18.0 Å². The molecule has 0 spiro atoms. The molecule has 0 heterocycles. The van der Waals surface area contributed by atoms with Gasteiger partial charge in [-0.1, -0.05) is 36.4 Å². The largest absolute Gasteiger partial charge is 0.311 e. The zero-order valence-electron chi connectivity index (χ0n) is 13.7. The quantitative estimate of drug-likeness (QED) is 0.742. The number of hydrogen-bond donors (Lipinski definition) is 2. The third-order valence-corrected chi connectivity index (χ3v) is 4.19. The van der Waals surface area contributed by atoms with Gasteiger partial charge in [-0.2, -0.15) is 8.42 Å². The van der Waals surface area contributed by atoms with Gasteiger partial charge >= 0.3 is 10.2 Å². The van der Waals surface area contributed by atoms with Crippen molar-refractivity contribution >= 4 is 22.0 Å². The molecule has 2 rings (SSSR count). The van der Waals surface area contributed by atoms with Crippen LogP contribution in [0.15, 0.2) is 60.7 Å². The topological polar surface area (TPSA) is 98.8 Å². The molecule has 2 amide bonds. The van der Waals surface area contributed by atoms with Crippen molar-refractivity contribution in [3.05, 3.63) is 71.8 Å². The van der Waals surface area contributed by atoms with Gasteiger partial charge in [-0.3, -0.25) is 19.6 Å². The fraction of sp³-hybridized carbons (Fsp3) is 0.125. The van der Waals surface area contributed by atoms with E-state index in [-0.39, 0.29) is 0 Å². The van der Waals surface area contributed by atoms with Crippen molar-refractivity contribution in [2.45, 2.75) is 0 Å². The Morgan fingerprint density at radius 1 is 0.720 bits per heavy atom. The molecular formula is C16H18N4O4S. The van der Waals surface area contributed by atoms with Crippen LogP contribution in [0.1, 0.15) is 20.7 Å². The highest BCUT2D eigenvalue weighted by atomic mass is 32.2. The maximum Gasteiger partial charge on any atom is 0.311 e. The van der Waals surface area contributed by atoms with Crippen LogP contribution >= 0.6 is 0 Å². The van der Waals surface area contributed by atoms with Gasteiger partial charge in [0.25, 0.3) is 11.8 Å². The Hall–Kier alpha value is -2.75. The van der Waals surface area contributed by atoms with E-state index in [1.165, 1.54) is 14.1 Å². The summed E-state index contributed by atoms with van der Waals surface area (Å²) in [7, 11) is -1.63. The molecule has 0 saturated heterocycles. The lowest BCUT2D eigenvalue weighted by Gasteiger charge is -2.22. The number of hydrazine groups is 2. The van der Waals surface area contributed by atoms with E-state index in [4.69, 9.17) is 0 Å². The summed E-state index contributed by atoms with van der Waals surface area (Å²) < 4.78 is 24.2. The van der Waals surface area contributed by atoms with Gasteiger partial charge in [-0.25, -0.2) is 0 Å². The molecule has 0 saturated carbocycles. The fourth-order valence-electron chi connectivity index (χ4n) is 2.01. The van der Waals surface area contributed by atoms with Crippen molar-refractivity contribution in [3.63, 3.8) is 0 Å². The molecule has 9 heteroatoms. The van der Waals surface area contributed by atoms with Gasteiger partial charge in [0.1, 0.15) is 0 Å². The normalized spacial score (nSPS) is 11.0. The highest BCUT2D eigenvalue weighted by Gasteiger charge is 2.22. The minimum atomic E-state index is -4.18. The summed E-state index contributed by atoms with van der Waals surface area (Å²) in [4.78, 5) is 28.4. The predicted molar refractivity (Wildman–Crippen MR) is 92.3 cm³/mol. The molecule has 0 bridgehead atoms. The van der Waals surface area contributed by atoms with Crippen LogP contribution in [0.2, 0.25) is 0 Å². The summed E-state index contributed by atoms with van der Waals surface area (Å²) in [6.07, 6.45) is 0. The Labute approximate surface area is 146 Å². The first-order valence-corrected chi connectivity index (χ1v) is 8.74. The van der Waals surface area contributed by atoms with Crippen LogP contribution in [-0.2, 0) is 10.2 Å². The molecule has 0 atom stereocenters. The standard InChI is InChI=1S/C16H18N4O4S/c1-19(15(21)13-9-5-3-6-10-13)17-25(23,24)18-20(2)16(22)14-11-7-4-8-12-14/h3-12,17-18H,1-2H3. The lowest BCUT2D eigenvalue weighted by Crippen LogP contribution is -2.53. The second-order valence-electron chi connectivity index (χ2n) is 5.15. The van der Waals surface area contributed by atoms with Crippen molar-refractivity contribution in [1.82, 2.24) is 19.7 Å². The first-order valence-electron chi connectivity index (χ1n) is 7.26. The minimum Gasteiger partial charge on any atom is -0.268 e. The highest BCUT2D eigenvalue weighted by molar-refractivity contribution is 7.87. The maximum absolute atomic E-state index is 12.2. The van der Waals surface area contributed by atoms with Gasteiger partial charge in [-0.05, 0) is 24.3 Å². The van der Waals surface area contributed by atoms with Crippen LogP contribution in [0.25, 0.3) is 0 Å². The van der Waals surface area contributed by atoms with Gasteiger partial charge in [0.15, 0.2) is 0 Å². The lowest BCUT2D eigenvalue weighted by molar-refractivity contribution is 0.0746. The predicted octanol–water partition coefficient (Wildman–Crippen LogP) is 0.785. The van der Waals surface area contributed by atoms with E-state index in [0.29, 0.717) is 11.1 Å². The molecule has 0 aliphatic carbocycles. The second-order valence-corrected chi connectivity index (χ2v) is 6.52. The lowest BCUT2D eigenvalue weighted by atomic mass is 10.2. The Balaban J connectivity index is 2.01.